The van der Waals surface area contributed by atoms with Crippen LogP contribution in [0.3, 0.4) is 0 Å². The van der Waals surface area contributed by atoms with Crippen molar-refractivity contribution in [1.29, 1.82) is 0 Å². The number of benzene rings is 1. The zero-order valence-corrected chi connectivity index (χ0v) is 18.3. The van der Waals surface area contributed by atoms with Crippen molar-refractivity contribution < 1.29 is 45.9 Å². The zero-order valence-electron chi connectivity index (χ0n) is 14.4. The van der Waals surface area contributed by atoms with E-state index < -0.39 is 0 Å². The molecule has 0 N–H and O–H groups in total. The molecular weight excluding hydrogens is 583 g/mol. The monoisotopic (exact) mass is 601 g/mol. The Labute approximate surface area is 171 Å². The quantitative estimate of drug-likeness (QED) is 0.371. The summed E-state index contributed by atoms with van der Waals surface area (Å²) in [5.41, 5.74) is 1.45. The van der Waals surface area contributed by atoms with Crippen molar-refractivity contribution >= 4 is 26.7 Å². The molecule has 0 atom stereocenters. The number of nitrogens with zero attached hydrogens (tertiary/aromatic N) is 2. The average Bonchev–Trinajstić information content (AvgIpc) is 3.20. The molecule has 6 nitrogen and oxygen atoms in total. The van der Waals surface area contributed by atoms with Crippen LogP contribution in [0.1, 0.15) is 25.0 Å². The first-order valence-corrected chi connectivity index (χ1v) is 12.7. The van der Waals surface area contributed by atoms with E-state index in [0.29, 0.717) is 37.6 Å². The molecular formula is C18H19BrN2O4Pt. The van der Waals surface area contributed by atoms with E-state index in [0.717, 1.165) is 11.1 Å². The predicted molar refractivity (Wildman–Crippen MR) is 95.2 cm³/mol. The number of rotatable bonds is 6. The van der Waals surface area contributed by atoms with E-state index in [9.17, 15) is 0 Å². The predicted octanol–water partition coefficient (Wildman–Crippen LogP) is 3.16. The molecule has 0 spiro atoms. The third-order valence-corrected chi connectivity index (χ3v) is 3.27. The maximum atomic E-state index is 5.68. The van der Waals surface area contributed by atoms with Crippen molar-refractivity contribution in [2.24, 2.45) is 0 Å². The summed E-state index contributed by atoms with van der Waals surface area (Å²) in [5.74, 6) is 0.815. The van der Waals surface area contributed by atoms with Gasteiger partial charge in [0, 0.05) is 13.4 Å². The summed E-state index contributed by atoms with van der Waals surface area (Å²) < 4.78 is 25.3. The Morgan fingerprint density at radius 3 is 1.81 bits per heavy atom. The van der Waals surface area contributed by atoms with E-state index in [-0.39, 0.29) is 0 Å². The van der Waals surface area contributed by atoms with Gasteiger partial charge in [0.15, 0.2) is 0 Å². The second kappa shape index (κ2) is 9.74. The number of halogens is 1. The first-order chi connectivity index (χ1) is 12.6. The Kier molecular flexibility index (Phi) is 7.66. The number of hydrogen-bond acceptors (Lipinski definition) is 4. The Morgan fingerprint density at radius 1 is 1.00 bits per heavy atom. The molecule has 2 aliphatic rings. The van der Waals surface area contributed by atoms with Crippen LogP contribution in [0.2, 0.25) is 0 Å². The molecule has 0 bridgehead atoms. The van der Waals surface area contributed by atoms with Crippen LogP contribution in [-0.4, -0.2) is 35.8 Å². The van der Waals surface area contributed by atoms with E-state index in [1.807, 2.05) is 49.8 Å². The van der Waals surface area contributed by atoms with Gasteiger partial charge in [0.25, 0.3) is 11.9 Å². The molecule has 0 aliphatic carbocycles. The van der Waals surface area contributed by atoms with Crippen LogP contribution in [0.4, 0.5) is 0 Å². The minimum atomic E-state index is 0.408. The van der Waals surface area contributed by atoms with Crippen molar-refractivity contribution in [2.45, 2.75) is 13.8 Å². The average molecular weight is 602 g/mol. The molecule has 0 saturated carbocycles. The van der Waals surface area contributed by atoms with Gasteiger partial charge in [0.2, 0.25) is 12.5 Å². The molecule has 1 aromatic carbocycles. The van der Waals surface area contributed by atoms with Gasteiger partial charge in [0.1, 0.15) is 12.4 Å². The van der Waals surface area contributed by atoms with Crippen molar-refractivity contribution in [3.63, 3.8) is 0 Å². The fourth-order valence-corrected chi connectivity index (χ4v) is 2.29. The molecule has 0 amide bonds. The molecule has 142 valence electrons. The summed E-state index contributed by atoms with van der Waals surface area (Å²) in [5, 5.41) is 0. The van der Waals surface area contributed by atoms with E-state index in [2.05, 4.69) is 32.8 Å². The number of ether oxygens (including phenoxy) is 4. The summed E-state index contributed by atoms with van der Waals surface area (Å²) >= 11 is 4.86. The van der Waals surface area contributed by atoms with E-state index in [1.54, 1.807) is 21.6 Å². The molecule has 0 aromatic heterocycles. The van der Waals surface area contributed by atoms with E-state index in [1.165, 1.54) is 0 Å². The second-order valence-electron chi connectivity index (χ2n) is 4.99. The first kappa shape index (κ1) is 20.5. The van der Waals surface area contributed by atoms with Gasteiger partial charge in [0.05, 0.1) is 13.2 Å². The van der Waals surface area contributed by atoms with Crippen LogP contribution < -0.4 is 0 Å². The van der Waals surface area contributed by atoms with Gasteiger partial charge < -0.3 is 28.1 Å². The summed E-state index contributed by atoms with van der Waals surface area (Å²) in [7, 11) is 0. The van der Waals surface area contributed by atoms with Gasteiger partial charge >= 0.3 is 31.1 Å². The third kappa shape index (κ3) is 4.65. The Hall–Kier alpha value is -1.85. The standard InChI is InChI=1S/C18H19N2O4.BrH.Pt/c1-5-21-15-11-19(3)17(23-15)13-8-7-9-14(10-13)18-20(4)12-16(24-18)22-6-2;;/h7-9,11-12H,3-6H2,1-2H3;1H;/q-1;;+2/p-1. The molecule has 0 unspecified atom stereocenters. The van der Waals surface area contributed by atoms with Gasteiger partial charge in [-0.15, -0.1) is 11.1 Å². The van der Waals surface area contributed by atoms with Gasteiger partial charge in [-0.1, -0.05) is 0 Å². The fourth-order valence-electron chi connectivity index (χ4n) is 2.29. The third-order valence-electron chi connectivity index (χ3n) is 3.27. The van der Waals surface area contributed by atoms with Crippen LogP contribution >= 0.6 is 13.3 Å². The summed E-state index contributed by atoms with van der Waals surface area (Å²) in [4.78, 5) is 0. The Morgan fingerprint density at radius 2 is 1.42 bits per heavy atom. The SMILES string of the molecule is C=[N+]1C=C(OCC)O[C-]1c1[c-]c([C-]2OC(OCC)=C[N+]2=C)ccc1.[Br][Pt+]. The maximum absolute atomic E-state index is 5.68. The van der Waals surface area contributed by atoms with Gasteiger partial charge in [-0.2, -0.15) is 18.2 Å². The van der Waals surface area contributed by atoms with E-state index >= 15 is 0 Å². The van der Waals surface area contributed by atoms with Crippen molar-refractivity contribution in [2.75, 3.05) is 13.2 Å². The van der Waals surface area contributed by atoms with Gasteiger partial charge in [-0.25, -0.2) is 6.07 Å². The zero-order chi connectivity index (χ0) is 19.1. The molecule has 2 heterocycles. The molecule has 3 rings (SSSR count). The van der Waals surface area contributed by atoms with Crippen LogP contribution in [0.5, 0.6) is 0 Å². The van der Waals surface area contributed by atoms with Gasteiger partial charge in [-0.05, 0) is 13.8 Å². The van der Waals surface area contributed by atoms with Gasteiger partial charge in [-0.3, -0.25) is 0 Å². The Balaban J connectivity index is 0.00000117. The molecule has 0 radical (unpaired) electrons. The molecule has 26 heavy (non-hydrogen) atoms. The summed E-state index contributed by atoms with van der Waals surface area (Å²) in [6, 6.07) is 8.88. The summed E-state index contributed by atoms with van der Waals surface area (Å²) in [6.45, 7) is 12.6. The van der Waals surface area contributed by atoms with Crippen LogP contribution in [0.25, 0.3) is 0 Å². The normalized spacial score (nSPS) is 15.6. The molecule has 1 aromatic rings. The van der Waals surface area contributed by atoms with Crippen LogP contribution in [0.15, 0.2) is 42.5 Å². The Bertz CT molecular complexity index is 678. The molecule has 8 heteroatoms. The van der Waals surface area contributed by atoms with Crippen LogP contribution in [0, 0.1) is 18.5 Å². The molecule has 0 fully saturated rings. The minimum absolute atomic E-state index is 0.408. The molecule has 0 saturated heterocycles. The van der Waals surface area contributed by atoms with Crippen molar-refractivity contribution in [1.82, 2.24) is 0 Å². The second-order valence-corrected chi connectivity index (χ2v) is 4.99. The van der Waals surface area contributed by atoms with E-state index in [4.69, 9.17) is 18.9 Å². The van der Waals surface area contributed by atoms with Crippen molar-refractivity contribution in [3.05, 3.63) is 72.1 Å². The fraction of sp³-hybridized carbons (Fsp3) is 0.222. The topological polar surface area (TPSA) is 42.9 Å². The molecule has 2 aliphatic heterocycles. The number of hydrogen-bond donors (Lipinski definition) is 0. The van der Waals surface area contributed by atoms with Crippen molar-refractivity contribution in [3.8, 4) is 0 Å². The summed E-state index contributed by atoms with van der Waals surface area (Å²) in [6.07, 6.45) is 4.43. The van der Waals surface area contributed by atoms with Crippen LogP contribution in [-0.2, 0) is 36.7 Å². The first-order valence-electron chi connectivity index (χ1n) is 7.75.